The van der Waals surface area contributed by atoms with Crippen LogP contribution >= 0.6 is 0 Å². The molecule has 0 spiro atoms. The van der Waals surface area contributed by atoms with Gasteiger partial charge in [-0.05, 0) is 24.7 Å². The summed E-state index contributed by atoms with van der Waals surface area (Å²) in [6, 6.07) is 6.59. The molecule has 0 heterocycles. The third-order valence-corrected chi connectivity index (χ3v) is 4.56. The summed E-state index contributed by atoms with van der Waals surface area (Å²) in [5, 5.41) is 8.78. The van der Waals surface area contributed by atoms with Gasteiger partial charge in [0.15, 0.2) is 9.84 Å². The molecular formula is C13H19NO4S. The molecule has 0 fully saturated rings. The maximum atomic E-state index is 11.4. The lowest BCUT2D eigenvalue weighted by Crippen LogP contribution is -2.26. The Morgan fingerprint density at radius 2 is 1.84 bits per heavy atom. The molecule has 0 atom stereocenters. The molecule has 6 heteroatoms. The van der Waals surface area contributed by atoms with Gasteiger partial charge in [0.25, 0.3) is 0 Å². The predicted molar refractivity (Wildman–Crippen MR) is 74.1 cm³/mol. The Balaban J connectivity index is 2.53. The summed E-state index contributed by atoms with van der Waals surface area (Å²) < 4.78 is 22.8. The number of nitrogens with zero attached hydrogens (tertiary/aromatic N) is 1. The molecule has 19 heavy (non-hydrogen) atoms. The average molecular weight is 285 g/mol. The first-order chi connectivity index (χ1) is 8.84. The van der Waals surface area contributed by atoms with Gasteiger partial charge in [0.1, 0.15) is 0 Å². The first kappa shape index (κ1) is 15.7. The molecule has 5 nitrogen and oxygen atoms in total. The molecule has 1 aromatic rings. The van der Waals surface area contributed by atoms with E-state index in [4.69, 9.17) is 5.11 Å². The van der Waals surface area contributed by atoms with E-state index >= 15 is 0 Å². The number of rotatable bonds is 7. The van der Waals surface area contributed by atoms with E-state index < -0.39 is 15.8 Å². The largest absolute Gasteiger partial charge is 0.478 e. The lowest BCUT2D eigenvalue weighted by atomic mass is 10.1. The molecule has 0 aliphatic carbocycles. The van der Waals surface area contributed by atoms with E-state index in [0.29, 0.717) is 13.1 Å². The van der Waals surface area contributed by atoms with Gasteiger partial charge in [0, 0.05) is 18.8 Å². The SMILES string of the molecule is CCS(=O)(=O)CCN(C)Cc1ccc(C(=O)O)cc1. The number of hydrogen-bond acceptors (Lipinski definition) is 4. The number of carbonyl (C=O) groups is 1. The molecule has 1 aromatic carbocycles. The Bertz CT molecular complexity index is 522. The minimum atomic E-state index is -2.94. The zero-order valence-corrected chi connectivity index (χ0v) is 12.0. The zero-order valence-electron chi connectivity index (χ0n) is 11.2. The van der Waals surface area contributed by atoms with Crippen molar-refractivity contribution in [2.45, 2.75) is 13.5 Å². The summed E-state index contributed by atoms with van der Waals surface area (Å²) in [5.74, 6) is -0.643. The minimum absolute atomic E-state index is 0.146. The van der Waals surface area contributed by atoms with Crippen LogP contribution in [0.4, 0.5) is 0 Å². The van der Waals surface area contributed by atoms with Gasteiger partial charge >= 0.3 is 5.97 Å². The Kier molecular flexibility index (Phi) is 5.50. The molecular weight excluding hydrogens is 266 g/mol. The zero-order chi connectivity index (χ0) is 14.5. The predicted octanol–water partition coefficient (Wildman–Crippen LogP) is 1.25. The van der Waals surface area contributed by atoms with E-state index in [1.54, 1.807) is 31.2 Å². The van der Waals surface area contributed by atoms with Crippen LogP contribution in [0.1, 0.15) is 22.8 Å². The van der Waals surface area contributed by atoms with Crippen molar-refractivity contribution >= 4 is 15.8 Å². The molecule has 0 aliphatic rings. The van der Waals surface area contributed by atoms with Crippen molar-refractivity contribution in [1.29, 1.82) is 0 Å². The van der Waals surface area contributed by atoms with Gasteiger partial charge in [0.05, 0.1) is 11.3 Å². The lowest BCUT2D eigenvalue weighted by Gasteiger charge is -2.16. The molecule has 0 aromatic heterocycles. The van der Waals surface area contributed by atoms with Gasteiger partial charge in [-0.15, -0.1) is 0 Å². The quantitative estimate of drug-likeness (QED) is 0.816. The lowest BCUT2D eigenvalue weighted by molar-refractivity contribution is 0.0697. The number of carboxylic acids is 1. The molecule has 0 saturated carbocycles. The molecule has 0 bridgehead atoms. The monoisotopic (exact) mass is 285 g/mol. The Morgan fingerprint density at radius 3 is 2.32 bits per heavy atom. The fourth-order valence-electron chi connectivity index (χ4n) is 1.58. The highest BCUT2D eigenvalue weighted by atomic mass is 32.2. The smallest absolute Gasteiger partial charge is 0.335 e. The highest BCUT2D eigenvalue weighted by molar-refractivity contribution is 7.91. The summed E-state index contributed by atoms with van der Waals surface area (Å²) in [7, 11) is -1.10. The van der Waals surface area contributed by atoms with Crippen LogP contribution in [-0.2, 0) is 16.4 Å². The molecule has 0 unspecified atom stereocenters. The van der Waals surface area contributed by atoms with Crippen LogP contribution in [0.2, 0.25) is 0 Å². The van der Waals surface area contributed by atoms with Crippen molar-refractivity contribution in [3.63, 3.8) is 0 Å². The number of hydrogen-bond donors (Lipinski definition) is 1. The van der Waals surface area contributed by atoms with Crippen molar-refractivity contribution in [2.24, 2.45) is 0 Å². The summed E-state index contributed by atoms with van der Waals surface area (Å²) >= 11 is 0. The van der Waals surface area contributed by atoms with Crippen LogP contribution < -0.4 is 0 Å². The van der Waals surface area contributed by atoms with Gasteiger partial charge in [-0.2, -0.15) is 0 Å². The summed E-state index contributed by atoms with van der Waals surface area (Å²) in [6.07, 6.45) is 0. The van der Waals surface area contributed by atoms with E-state index in [2.05, 4.69) is 0 Å². The van der Waals surface area contributed by atoms with Crippen LogP contribution in [-0.4, -0.2) is 49.5 Å². The van der Waals surface area contributed by atoms with Gasteiger partial charge < -0.3 is 10.0 Å². The Morgan fingerprint density at radius 1 is 1.26 bits per heavy atom. The van der Waals surface area contributed by atoms with E-state index in [1.165, 1.54) is 0 Å². The first-order valence-electron chi connectivity index (χ1n) is 6.05. The number of aromatic carboxylic acids is 1. The van der Waals surface area contributed by atoms with Crippen molar-refractivity contribution in [3.05, 3.63) is 35.4 Å². The van der Waals surface area contributed by atoms with Crippen molar-refractivity contribution in [3.8, 4) is 0 Å². The normalized spacial score (nSPS) is 11.7. The van der Waals surface area contributed by atoms with Crippen LogP contribution in [0.15, 0.2) is 24.3 Å². The standard InChI is InChI=1S/C13H19NO4S/c1-3-19(17,18)9-8-14(2)10-11-4-6-12(7-5-11)13(15)16/h4-7H,3,8-10H2,1-2H3,(H,15,16). The second-order valence-electron chi connectivity index (χ2n) is 4.48. The number of carboxylic acid groups (broad SMARTS) is 1. The maximum Gasteiger partial charge on any atom is 0.335 e. The van der Waals surface area contributed by atoms with Gasteiger partial charge in [-0.3, -0.25) is 0 Å². The number of benzene rings is 1. The van der Waals surface area contributed by atoms with Crippen LogP contribution in [0, 0.1) is 0 Å². The molecule has 106 valence electrons. The van der Waals surface area contributed by atoms with Crippen LogP contribution in [0.5, 0.6) is 0 Å². The van der Waals surface area contributed by atoms with Crippen LogP contribution in [0.25, 0.3) is 0 Å². The summed E-state index contributed by atoms with van der Waals surface area (Å²) in [6.45, 7) is 2.70. The molecule has 0 aliphatic heterocycles. The van der Waals surface area contributed by atoms with Crippen LogP contribution in [0.3, 0.4) is 0 Å². The van der Waals surface area contributed by atoms with Crippen molar-refractivity contribution < 1.29 is 18.3 Å². The molecule has 1 N–H and O–H groups in total. The highest BCUT2D eigenvalue weighted by Crippen LogP contribution is 2.07. The summed E-state index contributed by atoms with van der Waals surface area (Å²) in [5.41, 5.74) is 1.21. The molecule has 0 saturated heterocycles. The fraction of sp³-hybridized carbons (Fsp3) is 0.462. The second-order valence-corrected chi connectivity index (χ2v) is 6.95. The average Bonchev–Trinajstić information content (AvgIpc) is 2.37. The van der Waals surface area contributed by atoms with Crippen molar-refractivity contribution in [2.75, 3.05) is 25.1 Å². The van der Waals surface area contributed by atoms with E-state index in [1.807, 2.05) is 11.9 Å². The first-order valence-corrected chi connectivity index (χ1v) is 7.87. The third-order valence-electron chi connectivity index (χ3n) is 2.88. The van der Waals surface area contributed by atoms with Gasteiger partial charge in [-0.25, -0.2) is 13.2 Å². The fourth-order valence-corrected chi connectivity index (χ4v) is 2.46. The van der Waals surface area contributed by atoms with E-state index in [0.717, 1.165) is 5.56 Å². The third kappa shape index (κ3) is 5.40. The number of sulfone groups is 1. The Labute approximate surface area is 113 Å². The topological polar surface area (TPSA) is 74.7 Å². The highest BCUT2D eigenvalue weighted by Gasteiger charge is 2.10. The summed E-state index contributed by atoms with van der Waals surface area (Å²) in [4.78, 5) is 12.6. The van der Waals surface area contributed by atoms with Gasteiger partial charge in [-0.1, -0.05) is 19.1 Å². The van der Waals surface area contributed by atoms with E-state index in [9.17, 15) is 13.2 Å². The molecule has 1 rings (SSSR count). The molecule has 0 radical (unpaired) electrons. The second kappa shape index (κ2) is 6.68. The van der Waals surface area contributed by atoms with Gasteiger partial charge in [0.2, 0.25) is 0 Å². The minimum Gasteiger partial charge on any atom is -0.478 e. The maximum absolute atomic E-state index is 11.4. The van der Waals surface area contributed by atoms with Crippen molar-refractivity contribution in [1.82, 2.24) is 4.90 Å². The Hall–Kier alpha value is -1.40. The van der Waals surface area contributed by atoms with E-state index in [-0.39, 0.29) is 17.1 Å². The molecule has 0 amide bonds.